The monoisotopic (exact) mass is 496 g/mol. The van der Waals surface area contributed by atoms with Crippen LogP contribution in [-0.2, 0) is 10.0 Å². The van der Waals surface area contributed by atoms with E-state index in [4.69, 9.17) is 9.47 Å². The number of thioether (sulfide) groups is 1. The fourth-order valence-corrected chi connectivity index (χ4v) is 6.17. The summed E-state index contributed by atoms with van der Waals surface area (Å²) in [5.41, 5.74) is 1.80. The van der Waals surface area contributed by atoms with Crippen LogP contribution in [0.2, 0.25) is 0 Å². The lowest BCUT2D eigenvalue weighted by molar-refractivity contribution is 0.0935. The Morgan fingerprint density at radius 3 is 2.65 bits per heavy atom. The van der Waals surface area contributed by atoms with E-state index in [1.807, 2.05) is 18.2 Å². The van der Waals surface area contributed by atoms with E-state index in [-0.39, 0.29) is 16.8 Å². The topological polar surface area (TPSA) is 93.7 Å². The lowest BCUT2D eigenvalue weighted by Gasteiger charge is -2.26. The van der Waals surface area contributed by atoms with Crippen LogP contribution >= 0.6 is 11.8 Å². The van der Waals surface area contributed by atoms with Crippen LogP contribution in [0, 0.1) is 0 Å². The van der Waals surface area contributed by atoms with Crippen LogP contribution in [-0.4, -0.2) is 33.3 Å². The number of anilines is 1. The average molecular weight is 497 g/mol. The SMILES string of the molecule is O=C(N[C@H]1CCSc2ccccc21)c1cccc(NS(=O)(=O)c2ccc3c(c2)OCCCO3)c1. The van der Waals surface area contributed by atoms with Gasteiger partial charge in [-0.2, -0.15) is 0 Å². The molecule has 176 valence electrons. The van der Waals surface area contributed by atoms with E-state index in [1.54, 1.807) is 42.1 Å². The molecule has 2 N–H and O–H groups in total. The smallest absolute Gasteiger partial charge is 0.262 e. The third-order valence-corrected chi connectivity index (χ3v) is 8.17. The van der Waals surface area contributed by atoms with Gasteiger partial charge >= 0.3 is 0 Å². The minimum atomic E-state index is -3.89. The number of sulfonamides is 1. The maximum Gasteiger partial charge on any atom is 0.262 e. The van der Waals surface area contributed by atoms with Gasteiger partial charge in [0.25, 0.3) is 15.9 Å². The molecule has 0 bridgehead atoms. The summed E-state index contributed by atoms with van der Waals surface area (Å²) < 4.78 is 39.7. The zero-order valence-corrected chi connectivity index (χ0v) is 20.0. The van der Waals surface area contributed by atoms with E-state index < -0.39 is 10.0 Å². The molecule has 34 heavy (non-hydrogen) atoms. The average Bonchev–Trinajstić information content (AvgIpc) is 3.09. The predicted molar refractivity (Wildman–Crippen MR) is 131 cm³/mol. The molecule has 0 radical (unpaired) electrons. The summed E-state index contributed by atoms with van der Waals surface area (Å²) in [6.45, 7) is 0.989. The molecular formula is C25H24N2O5S2. The minimum absolute atomic E-state index is 0.0583. The molecule has 1 amide bonds. The van der Waals surface area contributed by atoms with Gasteiger partial charge in [-0.25, -0.2) is 8.42 Å². The van der Waals surface area contributed by atoms with Gasteiger partial charge in [0, 0.05) is 34.4 Å². The van der Waals surface area contributed by atoms with Gasteiger partial charge in [-0.05, 0) is 48.4 Å². The van der Waals surface area contributed by atoms with Crippen molar-refractivity contribution in [2.24, 2.45) is 0 Å². The number of carbonyl (C=O) groups is 1. The van der Waals surface area contributed by atoms with Crippen LogP contribution in [0.5, 0.6) is 11.5 Å². The summed E-state index contributed by atoms with van der Waals surface area (Å²) in [6.07, 6.45) is 1.57. The van der Waals surface area contributed by atoms with Crippen molar-refractivity contribution >= 4 is 33.4 Å². The second-order valence-electron chi connectivity index (χ2n) is 8.05. The van der Waals surface area contributed by atoms with Crippen molar-refractivity contribution < 1.29 is 22.7 Å². The normalized spacial score (nSPS) is 17.2. The number of hydrogen-bond acceptors (Lipinski definition) is 6. The molecule has 9 heteroatoms. The van der Waals surface area contributed by atoms with Gasteiger partial charge < -0.3 is 14.8 Å². The van der Waals surface area contributed by atoms with E-state index in [0.29, 0.717) is 36.0 Å². The zero-order valence-electron chi connectivity index (χ0n) is 18.3. The van der Waals surface area contributed by atoms with Crippen molar-refractivity contribution in [2.75, 3.05) is 23.7 Å². The first-order chi connectivity index (χ1) is 16.5. The van der Waals surface area contributed by atoms with Crippen molar-refractivity contribution in [3.63, 3.8) is 0 Å². The number of benzene rings is 3. The molecule has 3 aromatic rings. The van der Waals surface area contributed by atoms with Crippen LogP contribution in [0.4, 0.5) is 5.69 Å². The molecule has 1 atom stereocenters. The Morgan fingerprint density at radius 1 is 0.941 bits per heavy atom. The summed E-state index contributed by atoms with van der Waals surface area (Å²) in [5.74, 6) is 1.61. The van der Waals surface area contributed by atoms with Crippen LogP contribution in [0.15, 0.2) is 76.5 Å². The van der Waals surface area contributed by atoms with Gasteiger partial charge in [0.1, 0.15) is 0 Å². The third-order valence-electron chi connectivity index (χ3n) is 5.67. The zero-order chi connectivity index (χ0) is 23.5. The summed E-state index contributed by atoms with van der Waals surface area (Å²) >= 11 is 1.79. The lowest BCUT2D eigenvalue weighted by atomic mass is 10.0. The Morgan fingerprint density at radius 2 is 1.76 bits per heavy atom. The molecule has 0 unspecified atom stereocenters. The Hall–Kier alpha value is -3.17. The highest BCUT2D eigenvalue weighted by Gasteiger charge is 2.23. The number of amides is 1. The van der Waals surface area contributed by atoms with E-state index in [2.05, 4.69) is 16.1 Å². The molecule has 0 fully saturated rings. The molecule has 0 aromatic heterocycles. The molecule has 7 nitrogen and oxygen atoms in total. The Bertz CT molecular complexity index is 1330. The van der Waals surface area contributed by atoms with Gasteiger partial charge in [-0.1, -0.05) is 24.3 Å². The van der Waals surface area contributed by atoms with Crippen molar-refractivity contribution in [3.05, 3.63) is 77.9 Å². The summed E-state index contributed by atoms with van der Waals surface area (Å²) in [6, 6.07) is 19.0. The maximum atomic E-state index is 13.0. The van der Waals surface area contributed by atoms with Crippen LogP contribution < -0.4 is 19.5 Å². The van der Waals surface area contributed by atoms with Crippen molar-refractivity contribution in [1.29, 1.82) is 0 Å². The Labute approximate surface area is 202 Å². The van der Waals surface area contributed by atoms with Gasteiger partial charge in [0.2, 0.25) is 0 Å². The molecule has 5 rings (SSSR count). The number of nitrogens with one attached hydrogen (secondary N) is 2. The number of fused-ring (bicyclic) bond motifs is 2. The predicted octanol–water partition coefficient (Wildman–Crippen LogP) is 4.62. The largest absolute Gasteiger partial charge is 0.490 e. The lowest BCUT2D eigenvalue weighted by Crippen LogP contribution is -2.30. The molecule has 0 saturated heterocycles. The van der Waals surface area contributed by atoms with Crippen LogP contribution in [0.3, 0.4) is 0 Å². The highest BCUT2D eigenvalue weighted by Crippen LogP contribution is 2.36. The number of rotatable bonds is 5. The number of ether oxygens (including phenoxy) is 2. The third kappa shape index (κ3) is 4.85. The molecular weight excluding hydrogens is 472 g/mol. The van der Waals surface area contributed by atoms with Crippen LogP contribution in [0.1, 0.15) is 34.8 Å². The molecule has 0 spiro atoms. The fourth-order valence-electron chi connectivity index (χ4n) is 3.98. The first-order valence-corrected chi connectivity index (χ1v) is 13.5. The van der Waals surface area contributed by atoms with Crippen molar-refractivity contribution in [3.8, 4) is 11.5 Å². The second-order valence-corrected chi connectivity index (χ2v) is 10.9. The molecule has 2 heterocycles. The van der Waals surface area contributed by atoms with E-state index in [0.717, 1.165) is 24.2 Å². The number of hydrogen-bond donors (Lipinski definition) is 2. The number of carbonyl (C=O) groups excluding carboxylic acids is 1. The Kier molecular flexibility index (Phi) is 6.38. The summed E-state index contributed by atoms with van der Waals surface area (Å²) in [7, 11) is -3.89. The van der Waals surface area contributed by atoms with Gasteiger partial charge in [-0.15, -0.1) is 11.8 Å². The van der Waals surface area contributed by atoms with Crippen LogP contribution in [0.25, 0.3) is 0 Å². The first-order valence-electron chi connectivity index (χ1n) is 11.0. The van der Waals surface area contributed by atoms with E-state index in [1.165, 1.54) is 17.0 Å². The molecule has 2 aliphatic rings. The highest BCUT2D eigenvalue weighted by atomic mass is 32.2. The highest BCUT2D eigenvalue weighted by molar-refractivity contribution is 7.99. The molecule has 0 saturated carbocycles. The van der Waals surface area contributed by atoms with Crippen molar-refractivity contribution in [2.45, 2.75) is 28.7 Å². The summed E-state index contributed by atoms with van der Waals surface area (Å²) in [4.78, 5) is 14.2. The Balaban J connectivity index is 1.32. The van der Waals surface area contributed by atoms with E-state index in [9.17, 15) is 13.2 Å². The van der Waals surface area contributed by atoms with Crippen molar-refractivity contribution in [1.82, 2.24) is 5.32 Å². The quantitative estimate of drug-likeness (QED) is 0.536. The molecule has 3 aromatic carbocycles. The molecule has 2 aliphatic heterocycles. The van der Waals surface area contributed by atoms with Gasteiger partial charge in [0.05, 0.1) is 24.2 Å². The minimum Gasteiger partial charge on any atom is -0.490 e. The summed E-state index contributed by atoms with van der Waals surface area (Å²) in [5, 5.41) is 3.09. The van der Waals surface area contributed by atoms with E-state index >= 15 is 0 Å². The second kappa shape index (κ2) is 9.60. The van der Waals surface area contributed by atoms with Gasteiger partial charge in [-0.3, -0.25) is 9.52 Å². The molecule has 0 aliphatic carbocycles. The van der Waals surface area contributed by atoms with Gasteiger partial charge in [0.15, 0.2) is 11.5 Å². The standard InChI is InChI=1S/C25H24N2O5S2/c28-25(26-21-11-14-33-24-8-2-1-7-20(21)24)17-5-3-6-18(15-17)27-34(29,30)19-9-10-22-23(16-19)32-13-4-12-31-22/h1-3,5-10,15-16,21,27H,4,11-14H2,(H,26,28)/t21-/m0/s1. The fraction of sp³-hybridized carbons (Fsp3) is 0.240. The first kappa shape index (κ1) is 22.6. The maximum absolute atomic E-state index is 13.0.